The molecule has 3 heterocycles. The molecule has 4 aromatic rings. The van der Waals surface area contributed by atoms with Crippen molar-refractivity contribution in [2.75, 3.05) is 19.7 Å². The number of amides is 1. The van der Waals surface area contributed by atoms with Gasteiger partial charge >= 0.3 is 5.76 Å². The molecule has 0 bridgehead atoms. The number of aromatic nitrogens is 2. The van der Waals surface area contributed by atoms with Crippen LogP contribution in [0.4, 0.5) is 0 Å². The third-order valence-corrected chi connectivity index (χ3v) is 6.14. The highest BCUT2D eigenvalue weighted by Gasteiger charge is 2.23. The largest absolute Gasteiger partial charge is 0.419 e. The molecule has 0 saturated carbocycles. The fraction of sp³-hybridized carbons (Fsp3) is 0.320. The molecule has 174 valence electrons. The summed E-state index contributed by atoms with van der Waals surface area (Å²) in [7, 11) is 1.68. The number of benzene rings is 2. The average molecular weight is 460 g/mol. The molecule has 0 unspecified atom stereocenters. The van der Waals surface area contributed by atoms with E-state index in [2.05, 4.69) is 27.8 Å². The predicted molar refractivity (Wildman–Crippen MR) is 127 cm³/mol. The quantitative estimate of drug-likeness (QED) is 0.420. The first kappa shape index (κ1) is 21.9. The Morgan fingerprint density at radius 3 is 2.94 bits per heavy atom. The van der Waals surface area contributed by atoms with E-state index in [0.717, 1.165) is 46.2 Å². The Labute approximate surface area is 195 Å². The van der Waals surface area contributed by atoms with Gasteiger partial charge in [-0.2, -0.15) is 5.26 Å². The maximum Gasteiger partial charge on any atom is 0.419 e. The van der Waals surface area contributed by atoms with Crippen molar-refractivity contribution in [3.05, 3.63) is 58.7 Å². The third-order valence-electron chi connectivity index (χ3n) is 6.14. The van der Waals surface area contributed by atoms with Gasteiger partial charge in [0.1, 0.15) is 12.1 Å². The molecule has 0 radical (unpaired) electrons. The molecule has 0 spiro atoms. The minimum Gasteiger partial charge on any atom is -0.408 e. The lowest BCUT2D eigenvalue weighted by Crippen LogP contribution is -2.46. The minimum atomic E-state index is -0.670. The Balaban J connectivity index is 1.34. The van der Waals surface area contributed by atoms with Crippen LogP contribution in [0.5, 0.6) is 0 Å². The first-order valence-corrected chi connectivity index (χ1v) is 11.3. The average Bonchev–Trinajstić information content (AvgIpc) is 3.22. The van der Waals surface area contributed by atoms with Gasteiger partial charge in [0.15, 0.2) is 5.58 Å². The van der Waals surface area contributed by atoms with E-state index in [-0.39, 0.29) is 11.7 Å². The van der Waals surface area contributed by atoms with E-state index >= 15 is 0 Å². The summed E-state index contributed by atoms with van der Waals surface area (Å²) >= 11 is 0. The Bertz CT molecular complexity index is 1450. The highest BCUT2D eigenvalue weighted by molar-refractivity contribution is 5.88. The number of ether oxygens (including phenoxy) is 1. The van der Waals surface area contributed by atoms with E-state index in [1.165, 1.54) is 4.57 Å². The lowest BCUT2D eigenvalue weighted by Gasteiger charge is -2.17. The molecular weight excluding hydrogens is 434 g/mol. The number of aryl methyl sites for hydroxylation is 1. The number of nitrogens with zero attached hydrogens (tertiary/aromatic N) is 2. The van der Waals surface area contributed by atoms with Crippen LogP contribution in [0.2, 0.25) is 0 Å². The maximum absolute atomic E-state index is 12.5. The number of aromatic amines is 1. The molecule has 1 amide bonds. The number of hydrogen-bond donors (Lipinski definition) is 3. The summed E-state index contributed by atoms with van der Waals surface area (Å²) in [5, 5.41) is 16.6. The third kappa shape index (κ3) is 4.33. The van der Waals surface area contributed by atoms with Crippen LogP contribution in [-0.2, 0) is 23.0 Å². The molecule has 9 nitrogen and oxygen atoms in total. The van der Waals surface area contributed by atoms with Crippen molar-refractivity contribution in [2.24, 2.45) is 7.05 Å². The van der Waals surface area contributed by atoms with Gasteiger partial charge in [0.25, 0.3) is 5.91 Å². The topological polar surface area (TPSA) is 125 Å². The molecule has 3 N–H and O–H groups in total. The number of nitriles is 1. The van der Waals surface area contributed by atoms with Gasteiger partial charge in [-0.1, -0.05) is 12.1 Å². The van der Waals surface area contributed by atoms with E-state index in [4.69, 9.17) is 9.15 Å². The maximum atomic E-state index is 12.5. The number of nitrogens with one attached hydrogen (secondary N) is 3. The molecule has 9 heteroatoms. The molecule has 2 aromatic carbocycles. The van der Waals surface area contributed by atoms with Crippen molar-refractivity contribution in [2.45, 2.75) is 25.0 Å². The van der Waals surface area contributed by atoms with Gasteiger partial charge in [-0.25, -0.2) is 4.79 Å². The molecule has 0 aliphatic carbocycles. The number of H-pyrrole nitrogens is 1. The zero-order valence-corrected chi connectivity index (χ0v) is 18.8. The summed E-state index contributed by atoms with van der Waals surface area (Å²) < 4.78 is 12.3. The summed E-state index contributed by atoms with van der Waals surface area (Å²) in [6.45, 7) is 1.78. The fourth-order valence-electron chi connectivity index (χ4n) is 4.29. The van der Waals surface area contributed by atoms with Gasteiger partial charge in [-0.15, -0.1) is 0 Å². The van der Waals surface area contributed by atoms with Gasteiger partial charge in [0, 0.05) is 43.2 Å². The number of hydrogen-bond acceptors (Lipinski definition) is 6. The van der Waals surface area contributed by atoms with Crippen molar-refractivity contribution in [3.63, 3.8) is 0 Å². The van der Waals surface area contributed by atoms with Crippen LogP contribution in [0.15, 0.2) is 51.7 Å². The Morgan fingerprint density at radius 2 is 2.09 bits per heavy atom. The first-order valence-electron chi connectivity index (χ1n) is 11.3. The Morgan fingerprint density at radius 1 is 1.26 bits per heavy atom. The standard InChI is InChI=1S/C25H25N5O4/c1-30-21-11-16(4-6-22(21)34-25(30)32)15-3-5-20-17(9-15)10-18(28-20)12-19(13-26)29-24(31)23-14-27-7-2-8-33-23/h3-6,9-11,19,23,27-28H,2,7-8,12,14H2,1H3,(H,29,31)/t19-,23-/m0/s1. The van der Waals surface area contributed by atoms with Gasteiger partial charge in [-0.3, -0.25) is 9.36 Å². The minimum absolute atomic E-state index is 0.275. The molecule has 2 atom stereocenters. The zero-order chi connectivity index (χ0) is 23.7. The summed E-state index contributed by atoms with van der Waals surface area (Å²) in [4.78, 5) is 27.7. The zero-order valence-electron chi connectivity index (χ0n) is 18.8. The van der Waals surface area contributed by atoms with Crippen molar-refractivity contribution in [1.29, 1.82) is 5.26 Å². The van der Waals surface area contributed by atoms with Crippen molar-refractivity contribution in [3.8, 4) is 17.2 Å². The first-order chi connectivity index (χ1) is 16.5. The summed E-state index contributed by atoms with van der Waals surface area (Å²) in [5.41, 5.74) is 5.04. The van der Waals surface area contributed by atoms with Crippen LogP contribution in [-0.4, -0.2) is 47.3 Å². The predicted octanol–water partition coefficient (Wildman–Crippen LogP) is 2.21. The van der Waals surface area contributed by atoms with E-state index in [9.17, 15) is 14.9 Å². The van der Waals surface area contributed by atoms with Crippen LogP contribution in [0.25, 0.3) is 33.1 Å². The SMILES string of the molecule is Cn1c(=O)oc2ccc(-c3ccc4[nH]c(C[C@@H](C#N)NC(=O)[C@@H]5CNCCCO5)cc4c3)cc21. The smallest absolute Gasteiger partial charge is 0.408 e. The second-order valence-electron chi connectivity index (χ2n) is 8.52. The van der Waals surface area contributed by atoms with Crippen molar-refractivity contribution < 1.29 is 13.9 Å². The monoisotopic (exact) mass is 459 g/mol. The van der Waals surface area contributed by atoms with E-state index < -0.39 is 12.1 Å². The van der Waals surface area contributed by atoms with E-state index in [1.807, 2.05) is 30.3 Å². The number of rotatable bonds is 5. The van der Waals surface area contributed by atoms with Gasteiger partial charge < -0.3 is 24.8 Å². The van der Waals surface area contributed by atoms with Crippen molar-refractivity contribution >= 4 is 27.9 Å². The Kier molecular flexibility index (Phi) is 5.92. The summed E-state index contributed by atoms with van der Waals surface area (Å²) in [6, 6.07) is 15.2. The van der Waals surface area contributed by atoms with Crippen LogP contribution in [0, 0.1) is 11.3 Å². The molecular formula is C25H25N5O4. The molecule has 2 aromatic heterocycles. The molecule has 5 rings (SSSR count). The van der Waals surface area contributed by atoms with Crippen LogP contribution in [0.1, 0.15) is 12.1 Å². The fourth-order valence-corrected chi connectivity index (χ4v) is 4.29. The summed E-state index contributed by atoms with van der Waals surface area (Å²) in [5.74, 6) is -0.665. The highest BCUT2D eigenvalue weighted by atomic mass is 16.5. The second kappa shape index (κ2) is 9.17. The molecule has 1 saturated heterocycles. The number of carbonyl (C=O) groups is 1. The van der Waals surface area contributed by atoms with Crippen LogP contribution >= 0.6 is 0 Å². The molecule has 1 aliphatic heterocycles. The van der Waals surface area contributed by atoms with Crippen molar-refractivity contribution in [1.82, 2.24) is 20.2 Å². The Hall–Kier alpha value is -3.87. The lowest BCUT2D eigenvalue weighted by molar-refractivity contribution is -0.132. The number of oxazole rings is 1. The van der Waals surface area contributed by atoms with Crippen LogP contribution in [0.3, 0.4) is 0 Å². The molecule has 34 heavy (non-hydrogen) atoms. The second-order valence-corrected chi connectivity index (χ2v) is 8.52. The molecule has 1 aliphatic rings. The lowest BCUT2D eigenvalue weighted by atomic mass is 10.0. The van der Waals surface area contributed by atoms with Crippen LogP contribution < -0.4 is 16.4 Å². The number of carbonyl (C=O) groups excluding carboxylic acids is 1. The summed E-state index contributed by atoms with van der Waals surface area (Å²) in [6.07, 6.45) is 0.627. The van der Waals surface area contributed by atoms with E-state index in [0.29, 0.717) is 25.2 Å². The van der Waals surface area contributed by atoms with Gasteiger partial charge in [0.05, 0.1) is 11.6 Å². The normalized spacial score (nSPS) is 17.4. The highest BCUT2D eigenvalue weighted by Crippen LogP contribution is 2.27. The van der Waals surface area contributed by atoms with Gasteiger partial charge in [0.2, 0.25) is 0 Å². The molecule has 1 fully saturated rings. The van der Waals surface area contributed by atoms with Gasteiger partial charge in [-0.05, 0) is 54.4 Å². The van der Waals surface area contributed by atoms with E-state index in [1.54, 1.807) is 13.1 Å². The number of fused-ring (bicyclic) bond motifs is 2.